The third kappa shape index (κ3) is 50.9. The van der Waals surface area contributed by atoms with Gasteiger partial charge < -0.3 is 8.93 Å². The Kier molecular flexibility index (Phi) is 114. The van der Waals surface area contributed by atoms with Crippen molar-refractivity contribution in [1.29, 1.82) is 0 Å². The molecule has 0 amide bonds. The molecule has 0 N–H and O–H groups in total. The summed E-state index contributed by atoms with van der Waals surface area (Å²) in [6, 6.07) is 0. The molecule has 0 aromatic rings. The molecule has 101 heavy (non-hydrogen) atoms. The fourth-order valence-electron chi connectivity index (χ4n) is 6.21. The van der Waals surface area contributed by atoms with Crippen LogP contribution in [0.5, 0.6) is 0 Å². The molecule has 0 aliphatic carbocycles. The molecule has 0 aliphatic rings. The van der Waals surface area contributed by atoms with Crippen LogP contribution in [0.15, 0.2) is 0 Å². The molecule has 0 radical (unpaired) electrons. The van der Waals surface area contributed by atoms with Crippen LogP contribution in [0, 0.1) is 0 Å². The summed E-state index contributed by atoms with van der Waals surface area (Å²) in [6.07, 6.45) is 0. The van der Waals surface area contributed by atoms with E-state index in [1.165, 1.54) is 0 Å². The summed E-state index contributed by atoms with van der Waals surface area (Å²) in [5.41, 5.74) is 0. The van der Waals surface area contributed by atoms with E-state index < -0.39 is 328 Å². The van der Waals surface area contributed by atoms with E-state index in [4.69, 9.17) is 8.93 Å². The van der Waals surface area contributed by atoms with Crippen molar-refractivity contribution in [2.24, 2.45) is 0 Å². The molecule has 55 atom stereocenters. The summed E-state index contributed by atoms with van der Waals surface area (Å²) in [4.78, 5) is 0. The van der Waals surface area contributed by atoms with Crippen molar-refractivity contribution in [1.82, 2.24) is 0 Å². The van der Waals surface area contributed by atoms with Crippen LogP contribution in [0.3, 0.4) is 0 Å². The van der Waals surface area contributed by atoms with Gasteiger partial charge in [-0.25, -0.2) is 0 Å². The summed E-state index contributed by atoms with van der Waals surface area (Å²) < 4.78 is 0. The van der Waals surface area contributed by atoms with E-state index in [9.17, 15) is 0 Å². The Balaban J connectivity index is 14.8. The number of hydrogen-bond donors (Lipinski definition) is 0. The van der Waals surface area contributed by atoms with Gasteiger partial charge in [-0.2, -0.15) is 0 Å². The number of hydrogen-bond acceptors (Lipinski definition) is 0. The van der Waals surface area contributed by atoms with Gasteiger partial charge in [0.25, 0.3) is 0 Å². The SMILES string of the molecule is [PH-]PP(P(P)P)P(P(P(P)P)P(P)P)P(P(P(P)P)P(P)P)P(P(P(P(P)P)P(P)P)P(P(P)P)P(P)P)P(P(P(P(P(P)P)P(P)P)P(P(P)P)P(P)P)P(P(P(P)P)P(P)P)P(P(P)P)P(P)P)P(P(P(P(P)P)P(P)P)P(P(P)P)P(P)P)P(P(P(P)P)P(P)P)P(P(P)P)P(P)P. The molecule has 0 nitrogen and oxygen atoms in total. The fourth-order valence-corrected chi connectivity index (χ4v) is 1510. The molecule has 55 unspecified atom stereocenters. The smallest absolute Gasteiger partial charge is 0.000000234 e. The average molecular weight is 3230 g/mol. The molecule has 0 saturated carbocycles. The highest BCUT2D eigenvalue weighted by Crippen LogP contribution is 3.55. The van der Waals surface area contributed by atoms with Gasteiger partial charge in [-0.3, -0.25) is 7.96 Å². The van der Waals surface area contributed by atoms with Gasteiger partial charge in [0.2, 0.25) is 0 Å². The summed E-state index contributed by atoms with van der Waals surface area (Å²) in [5, 5.41) is 0. The second-order valence-corrected chi connectivity index (χ2v) is 434. The highest BCUT2D eigenvalue weighted by Gasteiger charge is 2.67. The van der Waals surface area contributed by atoms with Crippen LogP contribution in [0.4, 0.5) is 0 Å². The molecule has 0 saturated heterocycles. The topological polar surface area (TPSA) is 0 Å². The normalized spacial score (nSPS) is 15.9. The maximum absolute atomic E-state index is 4.86. The maximum atomic E-state index is 4.86. The molecule has 0 aromatic heterocycles. The first-order chi connectivity index (χ1) is 46.0. The lowest BCUT2D eigenvalue weighted by Gasteiger charge is -2.64. The van der Waals surface area contributed by atoms with Crippen LogP contribution in [0.25, 0.3) is 0 Å². The van der Waals surface area contributed by atoms with E-state index in [0.29, 0.717) is 0 Å². The lowest BCUT2D eigenvalue weighted by molar-refractivity contribution is 4.29. The highest BCUT2D eigenvalue weighted by molar-refractivity contribution is 9.61. The highest BCUT2D eigenvalue weighted by atomic mass is 33.7. The van der Waals surface area contributed by atoms with Gasteiger partial charge in [-0.15, -0.1) is 446 Å². The summed E-state index contributed by atoms with van der Waals surface area (Å²) in [5.74, 6) is 0. The third-order valence-electron chi connectivity index (χ3n) is 8.97. The van der Waals surface area contributed by atoms with Gasteiger partial charge in [0.15, 0.2) is 0 Å². The van der Waals surface area contributed by atoms with Crippen LogP contribution < -0.4 is 0 Å². The van der Waals surface area contributed by atoms with Crippen LogP contribution >= 0.6 is 806 Å². The first kappa shape index (κ1) is 144. The van der Waals surface area contributed by atoms with E-state index in [2.05, 4.69) is 446 Å². The Hall–Kier alpha value is 43.4. The van der Waals surface area contributed by atoms with Crippen molar-refractivity contribution in [2.75, 3.05) is 0 Å². The lowest BCUT2D eigenvalue weighted by atomic mass is 28.3. The first-order valence-electron chi connectivity index (χ1n) is 23.0. The minimum atomic E-state index is -0.663. The lowest BCUT2D eigenvalue weighted by Crippen LogP contribution is -1.77. The standard InChI is InChI=1S/H102P101/c1-52-78(53(2)3)91(79(54(4)5)55(6)7)97(90(76(48)49)77(50)51)100(96(88(72(40)41)73(42)43)89(74(44)45)75(46)47)101(98(92(80(56(8)9)57(10)11)81(58(12)13)59(14)15)93(82(60(16)17)61(18)19)83(62(20)21)63(22)23)99(94(84(64(24)25)65(26)27)85(66(28)29)67(30)31)95(86(68(32)33)69(34)35)87(70(36)37)71(38)39/h1,52H,2-51H2/q-1. The Labute approximate surface area is 792 Å². The number of rotatable bonds is 49. The Morgan fingerprint density at radius 1 is 0.0990 bits per heavy atom. The Morgan fingerprint density at radius 2 is 0.168 bits per heavy atom. The molecule has 0 spiro atoms. The van der Waals surface area contributed by atoms with E-state index in [-0.39, 0.29) is 14.0 Å². The summed E-state index contributed by atoms with van der Waals surface area (Å²) in [6.45, 7) is -22.5. The molecule has 608 valence electrons. The monoisotopic (exact) mass is 3230 g/mol. The van der Waals surface area contributed by atoms with Gasteiger partial charge in [-0.05, 0) is 342 Å². The van der Waals surface area contributed by atoms with Crippen molar-refractivity contribution >= 4 is 806 Å². The van der Waals surface area contributed by atoms with Gasteiger partial charge >= 0.3 is 0 Å². The van der Waals surface area contributed by atoms with E-state index in [0.717, 1.165) is 7.96 Å². The summed E-state index contributed by atoms with van der Waals surface area (Å²) in [7, 11) is 196. The molecular weight excluding hydrogens is 3130 g/mol. The predicted molar refractivity (Wildman–Crippen MR) is 841 cm³/mol. The Bertz CT molecular complexity index is 1710. The average Bonchev–Trinajstić information content (AvgIpc) is 0.709. The molecule has 0 fully saturated rings. The van der Waals surface area contributed by atoms with Crippen molar-refractivity contribution in [3.63, 3.8) is 0 Å². The molecule has 0 rings (SSSR count). The molecule has 0 aliphatic heterocycles. The van der Waals surface area contributed by atoms with Crippen LogP contribution in [0.1, 0.15) is 0 Å². The minimum absolute atomic E-state index is 0.374. The van der Waals surface area contributed by atoms with E-state index >= 15 is 0 Å². The van der Waals surface area contributed by atoms with Gasteiger partial charge in [0, 0.05) is 0 Å². The largest absolute Gasteiger partial charge is 0.524 e. The predicted octanol–water partition coefficient (Wildman–Crippen LogP) is 59.7. The van der Waals surface area contributed by atoms with Gasteiger partial charge in [0.05, 0.1) is 0 Å². The van der Waals surface area contributed by atoms with Crippen molar-refractivity contribution in [2.45, 2.75) is 0 Å². The molecule has 0 heterocycles. The van der Waals surface area contributed by atoms with E-state index in [1.807, 2.05) is 0 Å². The zero-order valence-corrected chi connectivity index (χ0v) is 155. The second-order valence-electron chi connectivity index (χ2n) is 16.1. The first-order valence-corrected chi connectivity index (χ1v) is 207. The zero-order chi connectivity index (χ0) is 80.0. The molecule has 101 heteroatoms. The van der Waals surface area contributed by atoms with Crippen molar-refractivity contribution in [3.8, 4) is 0 Å². The fraction of sp³-hybridized carbons (Fsp3) is 0. The van der Waals surface area contributed by atoms with Crippen LogP contribution in [0.2, 0.25) is 0 Å². The van der Waals surface area contributed by atoms with Crippen molar-refractivity contribution < 1.29 is 0 Å². The van der Waals surface area contributed by atoms with Crippen LogP contribution in [-0.2, 0) is 0 Å². The summed E-state index contributed by atoms with van der Waals surface area (Å²) >= 11 is 0. The van der Waals surface area contributed by atoms with Crippen molar-refractivity contribution in [3.05, 3.63) is 0 Å². The molecule has 0 bridgehead atoms. The second kappa shape index (κ2) is 79.4. The third-order valence-corrected chi connectivity index (χ3v) is 726. The Morgan fingerprint density at radius 3 is 0.238 bits per heavy atom. The maximum Gasteiger partial charge on any atom is -0.000000234 e. The van der Waals surface area contributed by atoms with E-state index in [1.54, 1.807) is 0 Å². The van der Waals surface area contributed by atoms with Gasteiger partial charge in [-0.1, -0.05) is 0 Å². The quantitative estimate of drug-likeness (QED) is 0.0533. The zero-order valence-electron chi connectivity index (χ0n) is 51.8. The molecular formula is H102P101-. The molecule has 0 aromatic carbocycles. The van der Waals surface area contributed by atoms with Gasteiger partial charge in [0.1, 0.15) is 0 Å². The van der Waals surface area contributed by atoms with Crippen LogP contribution in [-0.4, -0.2) is 0 Å². The minimum Gasteiger partial charge on any atom is -0.524 e.